The molecule has 0 aliphatic carbocycles. The minimum atomic E-state index is 0.0938. The van der Waals surface area contributed by atoms with E-state index in [9.17, 15) is 0 Å². The number of H-pyrrole nitrogens is 1. The highest BCUT2D eigenvalue weighted by atomic mass is 35.5. The molecule has 5 rings (SSSR count). The summed E-state index contributed by atoms with van der Waals surface area (Å²) < 4.78 is 6.63. The van der Waals surface area contributed by atoms with E-state index in [0.717, 1.165) is 49.0 Å². The van der Waals surface area contributed by atoms with Crippen molar-refractivity contribution in [2.75, 3.05) is 19.0 Å². The number of hydrogen-bond acceptors (Lipinski definition) is 2. The van der Waals surface area contributed by atoms with Crippen LogP contribution in [0.1, 0.15) is 43.6 Å². The number of piperidine rings is 1. The molecule has 2 heterocycles. The van der Waals surface area contributed by atoms with Crippen molar-refractivity contribution in [3.8, 4) is 5.75 Å². The van der Waals surface area contributed by atoms with Gasteiger partial charge in [0.25, 0.3) is 0 Å². The summed E-state index contributed by atoms with van der Waals surface area (Å²) in [6.07, 6.45) is 7.54. The van der Waals surface area contributed by atoms with Gasteiger partial charge in [0.15, 0.2) is 6.23 Å². The van der Waals surface area contributed by atoms with Gasteiger partial charge in [0.2, 0.25) is 0 Å². The van der Waals surface area contributed by atoms with Crippen molar-refractivity contribution in [3.05, 3.63) is 78.5 Å². The van der Waals surface area contributed by atoms with E-state index in [1.54, 1.807) is 0 Å². The average molecular weight is 447 g/mol. The zero-order valence-corrected chi connectivity index (χ0v) is 19.2. The summed E-state index contributed by atoms with van der Waals surface area (Å²) in [6.45, 7) is 2.12. The first-order chi connectivity index (χ1) is 15.8. The predicted octanol–water partition coefficient (Wildman–Crippen LogP) is 7.31. The summed E-state index contributed by atoms with van der Waals surface area (Å²) in [4.78, 5) is 5.83. The Labute approximate surface area is 195 Å². The largest absolute Gasteiger partial charge is 0.474 e. The van der Waals surface area contributed by atoms with E-state index in [0.29, 0.717) is 11.8 Å². The van der Waals surface area contributed by atoms with Gasteiger partial charge in [0.05, 0.1) is 0 Å². The first kappa shape index (κ1) is 21.4. The lowest BCUT2D eigenvalue weighted by Gasteiger charge is -2.38. The third kappa shape index (κ3) is 4.65. The molecule has 3 aromatic carbocycles. The number of halogens is 1. The average Bonchev–Trinajstić information content (AvgIpc) is 3.33. The summed E-state index contributed by atoms with van der Waals surface area (Å²) in [6, 6.07) is 24.0. The van der Waals surface area contributed by atoms with Crippen LogP contribution in [0.25, 0.3) is 21.7 Å². The molecule has 0 spiro atoms. The van der Waals surface area contributed by atoms with Crippen molar-refractivity contribution < 1.29 is 4.74 Å². The van der Waals surface area contributed by atoms with Crippen LogP contribution in [0.3, 0.4) is 0 Å². The third-order valence-corrected chi connectivity index (χ3v) is 7.10. The van der Waals surface area contributed by atoms with Crippen molar-refractivity contribution in [1.29, 1.82) is 0 Å². The normalized spacial score (nSPS) is 16.5. The van der Waals surface area contributed by atoms with Gasteiger partial charge in [-0.15, -0.1) is 11.6 Å². The number of hydrogen-bond donors (Lipinski definition) is 1. The summed E-state index contributed by atoms with van der Waals surface area (Å²) in [5.41, 5.74) is 2.59. The van der Waals surface area contributed by atoms with Crippen molar-refractivity contribution in [3.63, 3.8) is 0 Å². The van der Waals surface area contributed by atoms with Crippen molar-refractivity contribution in [2.45, 2.75) is 44.2 Å². The number of aromatic nitrogens is 1. The van der Waals surface area contributed by atoms with Gasteiger partial charge in [0, 0.05) is 36.1 Å². The molecule has 1 aliphatic rings. The van der Waals surface area contributed by atoms with Gasteiger partial charge in [-0.1, -0.05) is 48.5 Å². The highest BCUT2D eigenvalue weighted by Gasteiger charge is 2.27. The van der Waals surface area contributed by atoms with Crippen LogP contribution in [0, 0.1) is 0 Å². The van der Waals surface area contributed by atoms with Crippen LogP contribution in [-0.2, 0) is 0 Å². The van der Waals surface area contributed by atoms with E-state index in [-0.39, 0.29) is 6.23 Å². The summed E-state index contributed by atoms with van der Waals surface area (Å²) in [5, 5.41) is 3.82. The number of nitrogens with zero attached hydrogens (tertiary/aromatic N) is 1. The molecule has 0 amide bonds. The first-order valence-corrected chi connectivity index (χ1v) is 12.4. The summed E-state index contributed by atoms with van der Waals surface area (Å²) in [5.74, 6) is 2.30. The Morgan fingerprint density at radius 1 is 0.938 bits per heavy atom. The molecule has 0 radical (unpaired) electrons. The van der Waals surface area contributed by atoms with Gasteiger partial charge in [0.1, 0.15) is 5.75 Å². The van der Waals surface area contributed by atoms with Crippen LogP contribution in [0.2, 0.25) is 0 Å². The number of ether oxygens (including phenoxy) is 1. The number of alkyl halides is 1. The van der Waals surface area contributed by atoms with Crippen LogP contribution in [0.5, 0.6) is 5.75 Å². The van der Waals surface area contributed by atoms with Gasteiger partial charge >= 0.3 is 0 Å². The molecule has 1 unspecified atom stereocenters. The molecular formula is C28H31ClN2O. The molecule has 1 saturated heterocycles. The van der Waals surface area contributed by atoms with E-state index in [1.165, 1.54) is 29.2 Å². The quantitative estimate of drug-likeness (QED) is 0.227. The SMILES string of the molecule is ClCCCCC(Oc1cccc2[nH]ccc12)N1CCC(c2ccc3ccccc3c2)CC1. The van der Waals surface area contributed by atoms with Crippen LogP contribution in [-0.4, -0.2) is 35.1 Å². The molecule has 1 atom stereocenters. The lowest BCUT2D eigenvalue weighted by molar-refractivity contribution is 0.00255. The second-order valence-electron chi connectivity index (χ2n) is 8.87. The zero-order chi connectivity index (χ0) is 21.8. The molecule has 0 saturated carbocycles. The van der Waals surface area contributed by atoms with Gasteiger partial charge in [-0.05, 0) is 72.6 Å². The molecule has 4 heteroatoms. The second-order valence-corrected chi connectivity index (χ2v) is 9.25. The molecule has 3 nitrogen and oxygen atoms in total. The predicted molar refractivity (Wildman–Crippen MR) is 135 cm³/mol. The molecule has 166 valence electrons. The molecule has 4 aromatic rings. The van der Waals surface area contributed by atoms with E-state index < -0.39 is 0 Å². The molecule has 0 bridgehead atoms. The number of fused-ring (bicyclic) bond motifs is 2. The molecule has 1 aromatic heterocycles. The Morgan fingerprint density at radius 3 is 2.62 bits per heavy atom. The number of nitrogens with one attached hydrogen (secondary N) is 1. The monoisotopic (exact) mass is 446 g/mol. The fourth-order valence-electron chi connectivity index (χ4n) is 5.02. The van der Waals surface area contributed by atoms with Crippen LogP contribution in [0.15, 0.2) is 72.9 Å². The Balaban J connectivity index is 1.29. The lowest BCUT2D eigenvalue weighted by Crippen LogP contribution is -2.44. The van der Waals surface area contributed by atoms with Gasteiger partial charge in [-0.2, -0.15) is 0 Å². The third-order valence-electron chi connectivity index (χ3n) is 6.83. The number of likely N-dealkylation sites (tertiary alicyclic amines) is 1. The van der Waals surface area contributed by atoms with Crippen LogP contribution < -0.4 is 4.74 Å². The fraction of sp³-hybridized carbons (Fsp3) is 0.357. The van der Waals surface area contributed by atoms with E-state index in [1.807, 2.05) is 6.20 Å². The maximum absolute atomic E-state index is 6.63. The Morgan fingerprint density at radius 2 is 1.78 bits per heavy atom. The smallest absolute Gasteiger partial charge is 0.152 e. The van der Waals surface area contributed by atoms with E-state index in [4.69, 9.17) is 16.3 Å². The topological polar surface area (TPSA) is 28.3 Å². The van der Waals surface area contributed by atoms with Gasteiger partial charge in [-0.3, -0.25) is 4.90 Å². The van der Waals surface area contributed by atoms with Crippen LogP contribution in [0.4, 0.5) is 0 Å². The summed E-state index contributed by atoms with van der Waals surface area (Å²) >= 11 is 5.96. The molecule has 1 N–H and O–H groups in total. The van der Waals surface area contributed by atoms with Gasteiger partial charge in [-0.25, -0.2) is 0 Å². The Kier molecular flexibility index (Phi) is 6.66. The van der Waals surface area contributed by atoms with E-state index in [2.05, 4.69) is 76.6 Å². The zero-order valence-electron chi connectivity index (χ0n) is 18.5. The first-order valence-electron chi connectivity index (χ1n) is 11.8. The molecular weight excluding hydrogens is 416 g/mol. The van der Waals surface area contributed by atoms with Crippen molar-refractivity contribution in [2.24, 2.45) is 0 Å². The molecule has 1 fully saturated rings. The number of rotatable bonds is 8. The maximum Gasteiger partial charge on any atom is 0.152 e. The van der Waals surface area contributed by atoms with Crippen molar-refractivity contribution in [1.82, 2.24) is 9.88 Å². The Hall–Kier alpha value is -2.49. The van der Waals surface area contributed by atoms with Gasteiger partial charge < -0.3 is 9.72 Å². The minimum absolute atomic E-state index is 0.0938. The summed E-state index contributed by atoms with van der Waals surface area (Å²) in [7, 11) is 0. The highest BCUT2D eigenvalue weighted by Crippen LogP contribution is 2.33. The number of unbranched alkanes of at least 4 members (excludes halogenated alkanes) is 1. The van der Waals surface area contributed by atoms with Crippen molar-refractivity contribution >= 4 is 33.3 Å². The second kappa shape index (κ2) is 9.97. The van der Waals surface area contributed by atoms with Crippen LogP contribution >= 0.6 is 11.6 Å². The lowest BCUT2D eigenvalue weighted by atomic mass is 9.88. The minimum Gasteiger partial charge on any atom is -0.474 e. The standard InChI is InChI=1S/C28H31ClN2O/c29-16-4-3-10-28(32-27-9-5-8-26-25(27)13-17-30-26)31-18-14-22(15-19-31)24-12-11-21-6-1-2-7-23(21)20-24/h1-2,5-9,11-13,17,20,22,28,30H,3-4,10,14-16,18-19H2. The highest BCUT2D eigenvalue weighted by molar-refractivity contribution is 6.17. The number of aromatic amines is 1. The molecule has 32 heavy (non-hydrogen) atoms. The maximum atomic E-state index is 6.63. The Bertz CT molecular complexity index is 1160. The fourth-order valence-corrected chi connectivity index (χ4v) is 5.21. The molecule has 1 aliphatic heterocycles. The number of benzene rings is 3. The van der Waals surface area contributed by atoms with E-state index >= 15 is 0 Å².